The van der Waals surface area contributed by atoms with Gasteiger partial charge in [0, 0.05) is 20.1 Å². The minimum absolute atomic E-state index is 0.278. The Morgan fingerprint density at radius 1 is 1.45 bits per heavy atom. The van der Waals surface area contributed by atoms with Crippen molar-refractivity contribution in [1.82, 2.24) is 20.2 Å². The number of methoxy groups -OCH3 is 1. The molecule has 1 unspecified atom stereocenters. The molecule has 8 nitrogen and oxygen atoms in total. The van der Waals surface area contributed by atoms with Crippen LogP contribution in [0.2, 0.25) is 0 Å². The Morgan fingerprint density at radius 3 is 2.85 bits per heavy atom. The van der Waals surface area contributed by atoms with Gasteiger partial charge in [0.05, 0.1) is 5.69 Å². The van der Waals surface area contributed by atoms with Gasteiger partial charge in [-0.25, -0.2) is 4.79 Å². The Morgan fingerprint density at radius 2 is 2.20 bits per heavy atom. The monoisotopic (exact) mass is 277 g/mol. The second-order valence-electron chi connectivity index (χ2n) is 4.07. The van der Waals surface area contributed by atoms with Crippen LogP contribution in [0.4, 0.5) is 5.95 Å². The molecule has 2 N–H and O–H groups in total. The second-order valence-corrected chi connectivity index (χ2v) is 4.07. The van der Waals surface area contributed by atoms with Crippen molar-refractivity contribution in [3.05, 3.63) is 30.3 Å². The number of rotatable bonds is 7. The molecular weight excluding hydrogens is 262 g/mol. The van der Waals surface area contributed by atoms with Gasteiger partial charge in [-0.3, -0.25) is 0 Å². The summed E-state index contributed by atoms with van der Waals surface area (Å²) in [5.74, 6) is -0.704. The first-order chi connectivity index (χ1) is 9.72. The number of hydrogen-bond donors (Lipinski definition) is 2. The average molecular weight is 277 g/mol. The molecule has 1 atom stereocenters. The van der Waals surface area contributed by atoms with E-state index < -0.39 is 12.0 Å². The van der Waals surface area contributed by atoms with Gasteiger partial charge in [0.2, 0.25) is 5.95 Å². The van der Waals surface area contributed by atoms with E-state index >= 15 is 0 Å². The Hall–Kier alpha value is -2.48. The van der Waals surface area contributed by atoms with Gasteiger partial charge in [-0.1, -0.05) is 23.3 Å². The Labute approximate surface area is 115 Å². The van der Waals surface area contributed by atoms with Crippen molar-refractivity contribution in [3.8, 4) is 5.69 Å². The van der Waals surface area contributed by atoms with Crippen LogP contribution >= 0.6 is 0 Å². The summed E-state index contributed by atoms with van der Waals surface area (Å²) in [6.07, 6.45) is 0.313. The van der Waals surface area contributed by atoms with Crippen molar-refractivity contribution in [2.75, 3.05) is 19.0 Å². The minimum Gasteiger partial charge on any atom is -0.480 e. The van der Waals surface area contributed by atoms with Crippen molar-refractivity contribution >= 4 is 11.9 Å². The number of ether oxygens (including phenoxy) is 1. The molecule has 0 spiro atoms. The number of tetrazole rings is 1. The third-order valence-electron chi connectivity index (χ3n) is 2.68. The predicted octanol–water partition coefficient (Wildman–Crippen LogP) is 0.564. The van der Waals surface area contributed by atoms with E-state index in [0.29, 0.717) is 13.0 Å². The van der Waals surface area contributed by atoms with Crippen LogP contribution in [0.3, 0.4) is 0 Å². The minimum atomic E-state index is -0.982. The fraction of sp³-hybridized carbons (Fsp3) is 0.333. The maximum Gasteiger partial charge on any atom is 0.326 e. The molecule has 1 aromatic heterocycles. The van der Waals surface area contributed by atoms with E-state index in [-0.39, 0.29) is 5.95 Å². The summed E-state index contributed by atoms with van der Waals surface area (Å²) in [4.78, 5) is 11.2. The molecule has 0 saturated heterocycles. The lowest BCUT2D eigenvalue weighted by Gasteiger charge is -2.14. The molecule has 2 aromatic rings. The normalized spacial score (nSPS) is 12.1. The van der Waals surface area contributed by atoms with E-state index in [1.165, 1.54) is 11.8 Å². The summed E-state index contributed by atoms with van der Waals surface area (Å²) in [7, 11) is 1.52. The van der Waals surface area contributed by atoms with Crippen LogP contribution in [0.1, 0.15) is 6.42 Å². The number of hydrogen-bond acceptors (Lipinski definition) is 6. The van der Waals surface area contributed by atoms with E-state index in [9.17, 15) is 4.79 Å². The molecule has 0 bridgehead atoms. The van der Waals surface area contributed by atoms with Crippen LogP contribution in [0.25, 0.3) is 5.69 Å². The highest BCUT2D eigenvalue weighted by Gasteiger charge is 2.20. The van der Waals surface area contributed by atoms with Gasteiger partial charge in [0.15, 0.2) is 0 Å². The lowest BCUT2D eigenvalue weighted by Crippen LogP contribution is -2.31. The van der Waals surface area contributed by atoms with Crippen LogP contribution in [-0.2, 0) is 9.53 Å². The van der Waals surface area contributed by atoms with Gasteiger partial charge in [0.1, 0.15) is 6.04 Å². The van der Waals surface area contributed by atoms with E-state index in [1.54, 1.807) is 0 Å². The average Bonchev–Trinajstić information content (AvgIpc) is 2.92. The summed E-state index contributed by atoms with van der Waals surface area (Å²) in [5.41, 5.74) is 0.746. The Bertz CT molecular complexity index is 557. The number of para-hydroxylation sites is 1. The van der Waals surface area contributed by atoms with Gasteiger partial charge in [-0.2, -0.15) is 4.68 Å². The Kier molecular flexibility index (Phi) is 4.61. The molecule has 0 radical (unpaired) electrons. The van der Waals surface area contributed by atoms with E-state index in [2.05, 4.69) is 20.8 Å². The molecule has 0 amide bonds. The van der Waals surface area contributed by atoms with Gasteiger partial charge in [0.25, 0.3) is 0 Å². The molecule has 1 heterocycles. The highest BCUT2D eigenvalue weighted by Crippen LogP contribution is 2.12. The fourth-order valence-electron chi connectivity index (χ4n) is 1.67. The number of nitrogens with one attached hydrogen (secondary N) is 1. The smallest absolute Gasteiger partial charge is 0.326 e. The zero-order chi connectivity index (χ0) is 14.4. The van der Waals surface area contributed by atoms with Crippen molar-refractivity contribution in [1.29, 1.82) is 0 Å². The molecule has 1 aromatic carbocycles. The number of carbonyl (C=O) groups is 1. The number of benzene rings is 1. The van der Waals surface area contributed by atoms with Crippen LogP contribution in [0, 0.1) is 0 Å². The molecule has 0 aliphatic rings. The first-order valence-electron chi connectivity index (χ1n) is 6.04. The zero-order valence-corrected chi connectivity index (χ0v) is 10.9. The molecule has 8 heteroatoms. The third-order valence-corrected chi connectivity index (χ3v) is 2.68. The number of carboxylic acids is 1. The summed E-state index contributed by atoms with van der Waals surface area (Å²) < 4.78 is 6.34. The maximum absolute atomic E-state index is 11.2. The molecular formula is C12H15N5O3. The fourth-order valence-corrected chi connectivity index (χ4v) is 1.67. The van der Waals surface area contributed by atoms with Crippen LogP contribution in [0.15, 0.2) is 30.3 Å². The van der Waals surface area contributed by atoms with E-state index in [4.69, 9.17) is 9.84 Å². The molecule has 0 saturated carbocycles. The standard InChI is InChI=1S/C12H15N5O3/c1-20-8-7-10(11(18)19)13-12-14-15-16-17(12)9-5-3-2-4-6-9/h2-6,10H,7-8H2,1H3,(H,18,19)(H,13,14,16). The lowest BCUT2D eigenvalue weighted by atomic mass is 10.2. The van der Waals surface area contributed by atoms with Gasteiger partial charge < -0.3 is 15.2 Å². The number of anilines is 1. The lowest BCUT2D eigenvalue weighted by molar-refractivity contribution is -0.138. The van der Waals surface area contributed by atoms with Gasteiger partial charge in [-0.15, -0.1) is 0 Å². The molecule has 106 valence electrons. The predicted molar refractivity (Wildman–Crippen MR) is 70.7 cm³/mol. The SMILES string of the molecule is COCCC(Nc1nnnn1-c1ccccc1)C(=O)O. The van der Waals surface area contributed by atoms with Crippen LogP contribution < -0.4 is 5.32 Å². The quantitative estimate of drug-likeness (QED) is 0.762. The Balaban J connectivity index is 2.17. The van der Waals surface area contributed by atoms with Gasteiger partial charge in [-0.05, 0) is 22.6 Å². The van der Waals surface area contributed by atoms with Crippen LogP contribution in [0.5, 0.6) is 0 Å². The maximum atomic E-state index is 11.2. The van der Waals surface area contributed by atoms with Crippen molar-refractivity contribution < 1.29 is 14.6 Å². The first-order valence-corrected chi connectivity index (χ1v) is 6.04. The zero-order valence-electron chi connectivity index (χ0n) is 10.9. The topological polar surface area (TPSA) is 102 Å². The molecule has 0 aliphatic heterocycles. The third kappa shape index (κ3) is 3.29. The summed E-state index contributed by atoms with van der Waals surface area (Å²) in [6, 6.07) is 8.41. The largest absolute Gasteiger partial charge is 0.480 e. The highest BCUT2D eigenvalue weighted by atomic mass is 16.5. The molecule has 0 aliphatic carbocycles. The number of nitrogens with zero attached hydrogens (tertiary/aromatic N) is 4. The number of carboxylic acid groups (broad SMARTS) is 1. The first kappa shape index (κ1) is 13.9. The summed E-state index contributed by atoms with van der Waals surface area (Å²) in [6.45, 7) is 0.330. The van der Waals surface area contributed by atoms with Crippen molar-refractivity contribution in [2.24, 2.45) is 0 Å². The van der Waals surface area contributed by atoms with E-state index in [1.807, 2.05) is 30.3 Å². The molecule has 0 fully saturated rings. The number of aliphatic carboxylic acids is 1. The highest BCUT2D eigenvalue weighted by molar-refractivity contribution is 5.76. The van der Waals surface area contributed by atoms with Crippen molar-refractivity contribution in [3.63, 3.8) is 0 Å². The van der Waals surface area contributed by atoms with Gasteiger partial charge >= 0.3 is 5.97 Å². The van der Waals surface area contributed by atoms with E-state index in [0.717, 1.165) is 5.69 Å². The summed E-state index contributed by atoms with van der Waals surface area (Å²) in [5, 5.41) is 23.2. The summed E-state index contributed by atoms with van der Waals surface area (Å²) >= 11 is 0. The second kappa shape index (κ2) is 6.62. The van der Waals surface area contributed by atoms with Crippen LogP contribution in [-0.4, -0.2) is 51.0 Å². The van der Waals surface area contributed by atoms with Crippen molar-refractivity contribution in [2.45, 2.75) is 12.5 Å². The number of aromatic nitrogens is 4. The molecule has 20 heavy (non-hydrogen) atoms. The molecule has 2 rings (SSSR count).